The lowest BCUT2D eigenvalue weighted by molar-refractivity contribution is -0.116. The molecule has 1 atom stereocenters. The van der Waals surface area contributed by atoms with Gasteiger partial charge >= 0.3 is 0 Å². The lowest BCUT2D eigenvalue weighted by atomic mass is 10.1. The van der Waals surface area contributed by atoms with Crippen molar-refractivity contribution < 1.29 is 4.79 Å². The van der Waals surface area contributed by atoms with Gasteiger partial charge in [0.05, 0.1) is 0 Å². The first-order valence-electron chi connectivity index (χ1n) is 4.79. The zero-order chi connectivity index (χ0) is 10.1. The molecule has 0 aliphatic rings. The van der Waals surface area contributed by atoms with Gasteiger partial charge in [-0.2, -0.15) is 12.6 Å². The Hall–Kier alpha value is -0.440. The number of amides is 1. The molecule has 0 aliphatic carbocycles. The highest BCUT2D eigenvalue weighted by atomic mass is 32.1. The fraction of sp³-hybridized carbons (Fsp3) is 0.700. The second kappa shape index (κ2) is 8.17. The normalized spacial score (nSPS) is 12.2. The van der Waals surface area contributed by atoms with Gasteiger partial charge in [0.15, 0.2) is 0 Å². The Morgan fingerprint density at radius 2 is 2.31 bits per heavy atom. The van der Waals surface area contributed by atoms with Gasteiger partial charge in [0, 0.05) is 11.8 Å². The van der Waals surface area contributed by atoms with Crippen molar-refractivity contribution in [3.05, 3.63) is 12.7 Å². The molecule has 0 saturated heterocycles. The molecule has 0 radical (unpaired) electrons. The summed E-state index contributed by atoms with van der Waals surface area (Å²) >= 11 is 4.42. The molecule has 76 valence electrons. The van der Waals surface area contributed by atoms with Crippen molar-refractivity contribution in [2.45, 2.75) is 37.9 Å². The van der Waals surface area contributed by atoms with Crippen LogP contribution >= 0.6 is 12.6 Å². The molecule has 2 nitrogen and oxygen atoms in total. The molecule has 0 saturated carbocycles. The average Bonchev–Trinajstić information content (AvgIpc) is 2.12. The van der Waals surface area contributed by atoms with Crippen LogP contribution in [0, 0.1) is 0 Å². The predicted octanol–water partition coefficient (Wildman–Crippen LogP) is 2.17. The molecule has 0 rings (SSSR count). The van der Waals surface area contributed by atoms with Crippen LogP contribution in [0.4, 0.5) is 0 Å². The van der Waals surface area contributed by atoms with Crippen LogP contribution < -0.4 is 5.32 Å². The van der Waals surface area contributed by atoms with E-state index in [0.29, 0.717) is 5.25 Å². The predicted molar refractivity (Wildman–Crippen MR) is 60.1 cm³/mol. The first kappa shape index (κ1) is 12.6. The highest BCUT2D eigenvalue weighted by Crippen LogP contribution is 2.10. The van der Waals surface area contributed by atoms with Crippen LogP contribution in [0.25, 0.3) is 0 Å². The second-order valence-electron chi connectivity index (χ2n) is 3.08. The van der Waals surface area contributed by atoms with E-state index in [1.807, 2.05) is 0 Å². The maximum atomic E-state index is 10.7. The lowest BCUT2D eigenvalue weighted by Gasteiger charge is -2.08. The van der Waals surface area contributed by atoms with Gasteiger partial charge in [0.2, 0.25) is 5.91 Å². The summed E-state index contributed by atoms with van der Waals surface area (Å²) in [4.78, 5) is 10.7. The minimum Gasteiger partial charge on any atom is -0.353 e. The minimum atomic E-state index is -0.0915. The van der Waals surface area contributed by atoms with E-state index in [0.717, 1.165) is 25.8 Å². The molecule has 3 heteroatoms. The largest absolute Gasteiger partial charge is 0.353 e. The number of hydrogen-bond acceptors (Lipinski definition) is 2. The monoisotopic (exact) mass is 201 g/mol. The van der Waals surface area contributed by atoms with Gasteiger partial charge in [-0.05, 0) is 25.3 Å². The topological polar surface area (TPSA) is 29.1 Å². The molecular weight excluding hydrogens is 182 g/mol. The van der Waals surface area contributed by atoms with Crippen molar-refractivity contribution in [2.24, 2.45) is 0 Å². The van der Waals surface area contributed by atoms with Gasteiger partial charge < -0.3 is 5.32 Å². The number of nitrogens with one attached hydrogen (secondary N) is 1. The quantitative estimate of drug-likeness (QED) is 0.369. The first-order chi connectivity index (χ1) is 6.20. The fourth-order valence-corrected chi connectivity index (χ4v) is 1.54. The van der Waals surface area contributed by atoms with E-state index in [-0.39, 0.29) is 5.91 Å². The van der Waals surface area contributed by atoms with E-state index in [4.69, 9.17) is 0 Å². The molecule has 0 bridgehead atoms. The summed E-state index contributed by atoms with van der Waals surface area (Å²) in [5, 5.41) is 3.22. The Morgan fingerprint density at radius 1 is 1.62 bits per heavy atom. The summed E-state index contributed by atoms with van der Waals surface area (Å²) < 4.78 is 0. The van der Waals surface area contributed by atoms with Crippen molar-refractivity contribution in [1.29, 1.82) is 0 Å². The van der Waals surface area contributed by atoms with E-state index < -0.39 is 0 Å². The van der Waals surface area contributed by atoms with Crippen molar-refractivity contribution in [3.63, 3.8) is 0 Å². The molecule has 0 aromatic rings. The van der Waals surface area contributed by atoms with Crippen molar-refractivity contribution in [1.82, 2.24) is 5.32 Å². The van der Waals surface area contributed by atoms with Gasteiger partial charge in [-0.25, -0.2) is 0 Å². The highest BCUT2D eigenvalue weighted by Gasteiger charge is 2.01. The maximum absolute atomic E-state index is 10.7. The second-order valence-corrected chi connectivity index (χ2v) is 3.81. The smallest absolute Gasteiger partial charge is 0.243 e. The summed E-state index contributed by atoms with van der Waals surface area (Å²) in [6.07, 6.45) is 5.68. The molecule has 0 aliphatic heterocycles. The summed E-state index contributed by atoms with van der Waals surface area (Å²) in [5.41, 5.74) is 0. The van der Waals surface area contributed by atoms with Crippen molar-refractivity contribution in [2.75, 3.05) is 6.54 Å². The van der Waals surface area contributed by atoms with Gasteiger partial charge in [0.25, 0.3) is 0 Å². The van der Waals surface area contributed by atoms with Crippen LogP contribution in [-0.2, 0) is 4.79 Å². The van der Waals surface area contributed by atoms with E-state index >= 15 is 0 Å². The Morgan fingerprint density at radius 3 is 2.85 bits per heavy atom. The third kappa shape index (κ3) is 7.91. The first-order valence-corrected chi connectivity index (χ1v) is 5.30. The van der Waals surface area contributed by atoms with Crippen LogP contribution in [0.15, 0.2) is 12.7 Å². The Labute approximate surface area is 86.2 Å². The zero-order valence-electron chi connectivity index (χ0n) is 8.25. The molecule has 1 unspecified atom stereocenters. The van der Waals surface area contributed by atoms with E-state index in [9.17, 15) is 4.79 Å². The van der Waals surface area contributed by atoms with E-state index in [1.165, 1.54) is 12.5 Å². The molecule has 0 heterocycles. The molecule has 0 fully saturated rings. The number of thiol groups is 1. The standard InChI is InChI=1S/C10H19NOS/c1-3-6-9(13)7-5-8-11-10(12)4-2/h4,9,13H,2-3,5-8H2,1H3,(H,11,12). The van der Waals surface area contributed by atoms with E-state index in [1.54, 1.807) is 0 Å². The van der Waals surface area contributed by atoms with Gasteiger partial charge in [-0.3, -0.25) is 4.79 Å². The molecule has 13 heavy (non-hydrogen) atoms. The van der Waals surface area contributed by atoms with Crippen LogP contribution in [0.5, 0.6) is 0 Å². The summed E-state index contributed by atoms with van der Waals surface area (Å²) in [7, 11) is 0. The SMILES string of the molecule is C=CC(=O)NCCCC(S)CCC. The highest BCUT2D eigenvalue weighted by molar-refractivity contribution is 7.80. The lowest BCUT2D eigenvalue weighted by Crippen LogP contribution is -2.22. The number of rotatable bonds is 7. The molecule has 0 aromatic heterocycles. The fourth-order valence-electron chi connectivity index (χ4n) is 1.10. The number of carbonyl (C=O) groups excluding carboxylic acids is 1. The van der Waals surface area contributed by atoms with Crippen molar-refractivity contribution in [3.8, 4) is 0 Å². The Bertz CT molecular complexity index is 159. The van der Waals surface area contributed by atoms with Crippen LogP contribution in [0.1, 0.15) is 32.6 Å². The van der Waals surface area contributed by atoms with Gasteiger partial charge in [-0.15, -0.1) is 0 Å². The third-order valence-electron chi connectivity index (χ3n) is 1.82. The Kier molecular flexibility index (Phi) is 7.90. The summed E-state index contributed by atoms with van der Waals surface area (Å²) in [6.45, 7) is 6.26. The van der Waals surface area contributed by atoms with Gasteiger partial charge in [-0.1, -0.05) is 19.9 Å². The summed E-state index contributed by atoms with van der Waals surface area (Å²) in [6, 6.07) is 0. The summed E-state index contributed by atoms with van der Waals surface area (Å²) in [5.74, 6) is -0.0915. The van der Waals surface area contributed by atoms with Crippen LogP contribution in [0.3, 0.4) is 0 Å². The number of carbonyl (C=O) groups is 1. The maximum Gasteiger partial charge on any atom is 0.243 e. The molecule has 1 amide bonds. The molecule has 0 spiro atoms. The molecule has 1 N–H and O–H groups in total. The number of hydrogen-bond donors (Lipinski definition) is 2. The molecular formula is C10H19NOS. The van der Waals surface area contributed by atoms with E-state index in [2.05, 4.69) is 31.4 Å². The van der Waals surface area contributed by atoms with Crippen LogP contribution in [0.2, 0.25) is 0 Å². The minimum absolute atomic E-state index is 0.0915. The molecule has 0 aromatic carbocycles. The van der Waals surface area contributed by atoms with Crippen molar-refractivity contribution >= 4 is 18.5 Å². The Balaban J connectivity index is 3.24. The van der Waals surface area contributed by atoms with Crippen LogP contribution in [-0.4, -0.2) is 17.7 Å². The average molecular weight is 201 g/mol. The van der Waals surface area contributed by atoms with Gasteiger partial charge in [0.1, 0.15) is 0 Å². The third-order valence-corrected chi connectivity index (χ3v) is 2.34. The zero-order valence-corrected chi connectivity index (χ0v) is 9.15.